The molecule has 2 atom stereocenters. The zero-order chi connectivity index (χ0) is 28.3. The molecule has 1 unspecified atom stereocenters. The van der Waals surface area contributed by atoms with Crippen LogP contribution in [0.5, 0.6) is 0 Å². The Kier molecular flexibility index (Phi) is 8.17. The Morgan fingerprint density at radius 3 is 2.61 bits per heavy atom. The molecule has 1 amide bonds. The van der Waals surface area contributed by atoms with Crippen LogP contribution in [0.4, 0.5) is 22.5 Å². The maximum atomic E-state index is 13.5. The minimum atomic E-state index is -0.868. The highest BCUT2D eigenvalue weighted by atomic mass is 32.1. The second kappa shape index (κ2) is 12.1. The molecule has 3 N–H and O–H groups in total. The summed E-state index contributed by atoms with van der Waals surface area (Å²) in [5.41, 5.74) is 1.69. The van der Waals surface area contributed by atoms with Crippen LogP contribution in [0.1, 0.15) is 43.1 Å². The largest absolute Gasteiger partial charge is 0.480 e. The Morgan fingerprint density at radius 1 is 1.02 bits per heavy atom. The van der Waals surface area contributed by atoms with E-state index in [4.69, 9.17) is 14.7 Å². The van der Waals surface area contributed by atoms with Crippen LogP contribution < -0.4 is 25.3 Å². The molecule has 218 valence electrons. The number of carboxylic acid groups (broad SMARTS) is 1. The van der Waals surface area contributed by atoms with Crippen molar-refractivity contribution in [1.29, 1.82) is 0 Å². The second-order valence-electron chi connectivity index (χ2n) is 10.8. The van der Waals surface area contributed by atoms with Gasteiger partial charge >= 0.3 is 5.97 Å². The number of anilines is 4. The molecule has 3 aromatic rings. The monoisotopic (exact) mass is 580 g/mol. The van der Waals surface area contributed by atoms with Crippen LogP contribution in [-0.2, 0) is 9.53 Å². The zero-order valence-electron chi connectivity index (χ0n) is 23.2. The Labute approximate surface area is 242 Å². The first-order valence-corrected chi connectivity index (χ1v) is 15.2. The molecule has 12 nitrogen and oxygen atoms in total. The molecule has 0 radical (unpaired) electrons. The average Bonchev–Trinajstić information content (AvgIpc) is 3.64. The smallest absolute Gasteiger partial charge is 0.320 e. The van der Waals surface area contributed by atoms with Crippen molar-refractivity contribution in [1.82, 2.24) is 20.3 Å². The molecule has 13 heteroatoms. The number of ether oxygens (including phenoxy) is 1. The van der Waals surface area contributed by atoms with Crippen LogP contribution in [0.25, 0.3) is 10.3 Å². The quantitative estimate of drug-likeness (QED) is 0.363. The molecule has 0 aromatic carbocycles. The fourth-order valence-corrected chi connectivity index (χ4v) is 6.61. The van der Waals surface area contributed by atoms with Gasteiger partial charge in [0.05, 0.1) is 23.6 Å². The summed E-state index contributed by atoms with van der Waals surface area (Å²) in [6.45, 7) is 7.77. The average molecular weight is 581 g/mol. The Bertz CT molecular complexity index is 1400. The van der Waals surface area contributed by atoms with Crippen molar-refractivity contribution < 1.29 is 19.4 Å². The first kappa shape index (κ1) is 27.6. The minimum absolute atomic E-state index is 0.0482. The normalized spacial score (nSPS) is 20.4. The number of thiazole rings is 1. The Morgan fingerprint density at radius 2 is 1.83 bits per heavy atom. The number of carboxylic acids is 1. The van der Waals surface area contributed by atoms with E-state index in [0.29, 0.717) is 42.6 Å². The van der Waals surface area contributed by atoms with Gasteiger partial charge in [0.25, 0.3) is 5.91 Å². The number of piperidine rings is 1. The fourth-order valence-electron chi connectivity index (χ4n) is 5.61. The van der Waals surface area contributed by atoms with E-state index in [0.717, 1.165) is 67.6 Å². The van der Waals surface area contributed by atoms with Gasteiger partial charge in [-0.25, -0.2) is 9.97 Å². The van der Waals surface area contributed by atoms with Gasteiger partial charge in [-0.15, -0.1) is 0 Å². The Hall–Kier alpha value is -3.55. The summed E-state index contributed by atoms with van der Waals surface area (Å²) in [6, 6.07) is 6.86. The van der Waals surface area contributed by atoms with E-state index in [1.165, 1.54) is 6.42 Å². The van der Waals surface area contributed by atoms with E-state index in [1.54, 1.807) is 24.3 Å². The third-order valence-electron chi connectivity index (χ3n) is 7.87. The number of aliphatic carboxylic acids is 1. The van der Waals surface area contributed by atoms with Crippen molar-refractivity contribution in [2.24, 2.45) is 0 Å². The number of pyridine rings is 2. The van der Waals surface area contributed by atoms with Crippen molar-refractivity contribution in [3.05, 3.63) is 30.0 Å². The maximum Gasteiger partial charge on any atom is 0.320 e. The molecule has 3 aliphatic rings. The van der Waals surface area contributed by atoms with Crippen LogP contribution >= 0.6 is 11.3 Å². The van der Waals surface area contributed by atoms with Gasteiger partial charge in [0.1, 0.15) is 17.6 Å². The molecule has 0 saturated carbocycles. The number of nitrogens with zero attached hydrogens (tertiary/aromatic N) is 6. The highest BCUT2D eigenvalue weighted by molar-refractivity contribution is 7.22. The van der Waals surface area contributed by atoms with Crippen LogP contribution in [-0.4, -0.2) is 96.5 Å². The molecule has 3 aromatic heterocycles. The number of morpholine rings is 1. The number of nitrogens with one attached hydrogen (secondary N) is 2. The van der Waals surface area contributed by atoms with E-state index in [9.17, 15) is 14.7 Å². The van der Waals surface area contributed by atoms with Gasteiger partial charge in [0.15, 0.2) is 16.6 Å². The number of hydrogen-bond acceptors (Lipinski definition) is 11. The molecular weight excluding hydrogens is 544 g/mol. The van der Waals surface area contributed by atoms with Crippen molar-refractivity contribution in [3.63, 3.8) is 0 Å². The van der Waals surface area contributed by atoms with Gasteiger partial charge in [-0.3, -0.25) is 9.59 Å². The van der Waals surface area contributed by atoms with Gasteiger partial charge < -0.3 is 35.2 Å². The number of carbonyl (C=O) groups excluding carboxylic acids is 1. The Balaban J connectivity index is 1.23. The molecule has 0 aliphatic carbocycles. The molecule has 0 spiro atoms. The molecule has 0 bridgehead atoms. The lowest BCUT2D eigenvalue weighted by molar-refractivity contribution is -0.139. The number of aromatic nitrogens is 3. The summed E-state index contributed by atoms with van der Waals surface area (Å²) >= 11 is 1.58. The minimum Gasteiger partial charge on any atom is -0.480 e. The van der Waals surface area contributed by atoms with Gasteiger partial charge in [0, 0.05) is 45.3 Å². The van der Waals surface area contributed by atoms with Crippen molar-refractivity contribution in [2.75, 3.05) is 72.5 Å². The predicted octanol–water partition coefficient (Wildman–Crippen LogP) is 2.81. The highest BCUT2D eigenvalue weighted by Crippen LogP contribution is 2.35. The van der Waals surface area contributed by atoms with Crippen molar-refractivity contribution in [3.8, 4) is 0 Å². The third-order valence-corrected chi connectivity index (χ3v) is 8.92. The van der Waals surface area contributed by atoms with Crippen LogP contribution in [0.2, 0.25) is 0 Å². The lowest BCUT2D eigenvalue weighted by Crippen LogP contribution is -2.42. The standard InChI is InChI=1S/C28H36N8O4S/c1-18(27(38)39)29-19-8-11-36(17-19)23-7-5-6-20(30-23)26(37)31-21-16-22-24(32-25(21)34-9-3-2-4-10-34)33-28(41-22)35-12-14-40-15-13-35/h5-7,16,18-19,29H,2-4,8-15,17H2,1H3,(H,31,37)(H,38,39)/t18-,19?/m0/s1. The number of rotatable bonds is 8. The lowest BCUT2D eigenvalue weighted by atomic mass is 10.1. The van der Waals surface area contributed by atoms with Gasteiger partial charge in [-0.1, -0.05) is 17.4 Å². The molecular formula is C28H36N8O4S. The van der Waals surface area contributed by atoms with Crippen molar-refractivity contribution in [2.45, 2.75) is 44.7 Å². The molecule has 6 heterocycles. The molecule has 6 rings (SSSR count). The summed E-state index contributed by atoms with van der Waals surface area (Å²) in [6.07, 6.45) is 4.17. The summed E-state index contributed by atoms with van der Waals surface area (Å²) in [5.74, 6) is 0.291. The second-order valence-corrected chi connectivity index (χ2v) is 11.8. The molecule has 3 saturated heterocycles. The van der Waals surface area contributed by atoms with E-state index in [2.05, 4.69) is 30.3 Å². The third kappa shape index (κ3) is 6.21. The van der Waals surface area contributed by atoms with E-state index >= 15 is 0 Å². The SMILES string of the molecule is C[C@H](NC1CCN(c2cccc(C(=O)Nc3cc4sc(N5CCOCC5)nc4nc3N3CCCCC3)n2)C1)C(=O)O. The van der Waals surface area contributed by atoms with Crippen LogP contribution in [0.15, 0.2) is 24.3 Å². The predicted molar refractivity (Wildman–Crippen MR) is 160 cm³/mol. The number of fused-ring (bicyclic) bond motifs is 1. The molecule has 41 heavy (non-hydrogen) atoms. The zero-order valence-corrected chi connectivity index (χ0v) is 24.0. The number of amides is 1. The van der Waals surface area contributed by atoms with E-state index < -0.39 is 12.0 Å². The summed E-state index contributed by atoms with van der Waals surface area (Å²) < 4.78 is 6.43. The molecule has 3 aliphatic heterocycles. The topological polar surface area (TPSA) is 136 Å². The fraction of sp³-hybridized carbons (Fsp3) is 0.536. The number of carbonyl (C=O) groups is 2. The van der Waals surface area contributed by atoms with Gasteiger partial charge in [0.2, 0.25) is 0 Å². The molecule has 3 fully saturated rings. The summed E-state index contributed by atoms with van der Waals surface area (Å²) in [5, 5.41) is 16.4. The first-order chi connectivity index (χ1) is 19.9. The maximum absolute atomic E-state index is 13.5. The summed E-state index contributed by atoms with van der Waals surface area (Å²) in [7, 11) is 0. The van der Waals surface area contributed by atoms with Gasteiger partial charge in [-0.2, -0.15) is 4.98 Å². The van der Waals surface area contributed by atoms with E-state index in [1.807, 2.05) is 18.2 Å². The van der Waals surface area contributed by atoms with Crippen molar-refractivity contribution >= 4 is 56.0 Å². The first-order valence-electron chi connectivity index (χ1n) is 14.4. The lowest BCUT2D eigenvalue weighted by Gasteiger charge is -2.29. The number of hydrogen-bond donors (Lipinski definition) is 3. The van der Waals surface area contributed by atoms with Crippen LogP contribution in [0, 0.1) is 0 Å². The summed E-state index contributed by atoms with van der Waals surface area (Å²) in [4.78, 5) is 45.8. The van der Waals surface area contributed by atoms with E-state index in [-0.39, 0.29) is 11.9 Å². The highest BCUT2D eigenvalue weighted by Gasteiger charge is 2.27. The van der Waals surface area contributed by atoms with Crippen LogP contribution in [0.3, 0.4) is 0 Å². The van der Waals surface area contributed by atoms with Gasteiger partial charge in [-0.05, 0) is 50.8 Å².